The second-order valence-corrected chi connectivity index (χ2v) is 6.99. The Kier molecular flexibility index (Phi) is 4.57. The molecule has 140 valence electrons. The monoisotopic (exact) mass is 371 g/mol. The summed E-state index contributed by atoms with van der Waals surface area (Å²) in [7, 11) is 0. The molecule has 0 bridgehead atoms. The van der Waals surface area contributed by atoms with Crippen LogP contribution in [0.1, 0.15) is 27.0 Å². The molecule has 3 amide bonds. The van der Waals surface area contributed by atoms with Crippen LogP contribution in [-0.4, -0.2) is 11.9 Å². The molecule has 0 aromatic heterocycles. The van der Waals surface area contributed by atoms with Gasteiger partial charge in [0.2, 0.25) is 0 Å². The van der Waals surface area contributed by atoms with E-state index in [1.165, 1.54) is 0 Å². The Bertz CT molecular complexity index is 1070. The number of fused-ring (bicyclic) bond motifs is 1. The number of amides is 3. The van der Waals surface area contributed by atoms with Crippen LogP contribution in [0.5, 0.6) is 0 Å². The molecule has 0 atom stereocenters. The van der Waals surface area contributed by atoms with E-state index in [1.807, 2.05) is 74.5 Å². The summed E-state index contributed by atoms with van der Waals surface area (Å²) in [5.74, 6) is -0.0294. The van der Waals surface area contributed by atoms with Crippen LogP contribution < -0.4 is 16.0 Å². The SMILES string of the molecule is Cc1ccc(C)c(NC(=O)Nc2ccc(-c3cccc4c3CNC4=O)cc2)c1. The van der Waals surface area contributed by atoms with Crippen molar-refractivity contribution >= 4 is 23.3 Å². The maximum atomic E-state index is 12.3. The highest BCUT2D eigenvalue weighted by Crippen LogP contribution is 2.30. The molecule has 0 spiro atoms. The van der Waals surface area contributed by atoms with Crippen LogP contribution in [0, 0.1) is 13.8 Å². The van der Waals surface area contributed by atoms with Gasteiger partial charge in [-0.05, 0) is 65.9 Å². The minimum Gasteiger partial charge on any atom is -0.348 e. The minimum atomic E-state index is -0.281. The van der Waals surface area contributed by atoms with E-state index in [4.69, 9.17) is 0 Å². The molecular weight excluding hydrogens is 350 g/mol. The Hall–Kier alpha value is -3.60. The van der Waals surface area contributed by atoms with Crippen molar-refractivity contribution in [3.05, 3.63) is 82.9 Å². The number of carbonyl (C=O) groups excluding carboxylic acids is 2. The van der Waals surface area contributed by atoms with E-state index in [1.54, 1.807) is 0 Å². The van der Waals surface area contributed by atoms with Gasteiger partial charge in [-0.2, -0.15) is 0 Å². The second-order valence-electron chi connectivity index (χ2n) is 6.99. The number of hydrogen-bond acceptors (Lipinski definition) is 2. The fraction of sp³-hybridized carbons (Fsp3) is 0.130. The fourth-order valence-corrected chi connectivity index (χ4v) is 3.41. The van der Waals surface area contributed by atoms with Gasteiger partial charge < -0.3 is 16.0 Å². The van der Waals surface area contributed by atoms with Crippen molar-refractivity contribution in [1.82, 2.24) is 5.32 Å². The third-order valence-electron chi connectivity index (χ3n) is 4.94. The highest BCUT2D eigenvalue weighted by molar-refractivity contribution is 6.01. The number of benzene rings is 3. The summed E-state index contributed by atoms with van der Waals surface area (Å²) in [6.45, 7) is 4.50. The average molecular weight is 371 g/mol. The topological polar surface area (TPSA) is 70.2 Å². The molecule has 0 radical (unpaired) electrons. The molecule has 0 unspecified atom stereocenters. The Balaban J connectivity index is 1.49. The van der Waals surface area contributed by atoms with Gasteiger partial charge in [0.1, 0.15) is 0 Å². The lowest BCUT2D eigenvalue weighted by Crippen LogP contribution is -2.20. The van der Waals surface area contributed by atoms with Crippen LogP contribution >= 0.6 is 0 Å². The summed E-state index contributed by atoms with van der Waals surface area (Å²) in [4.78, 5) is 24.2. The molecule has 0 fully saturated rings. The van der Waals surface area contributed by atoms with Crippen molar-refractivity contribution in [3.8, 4) is 11.1 Å². The lowest BCUT2D eigenvalue weighted by Gasteiger charge is -2.12. The molecule has 28 heavy (non-hydrogen) atoms. The minimum absolute atomic E-state index is 0.0294. The van der Waals surface area contributed by atoms with Gasteiger partial charge in [-0.3, -0.25) is 4.79 Å². The van der Waals surface area contributed by atoms with Gasteiger partial charge in [-0.1, -0.05) is 36.4 Å². The van der Waals surface area contributed by atoms with Crippen molar-refractivity contribution in [2.24, 2.45) is 0 Å². The smallest absolute Gasteiger partial charge is 0.323 e. The lowest BCUT2D eigenvalue weighted by molar-refractivity contribution is 0.0965. The van der Waals surface area contributed by atoms with Crippen molar-refractivity contribution in [1.29, 1.82) is 0 Å². The van der Waals surface area contributed by atoms with Crippen molar-refractivity contribution in [2.75, 3.05) is 10.6 Å². The Morgan fingerprint density at radius 1 is 0.929 bits per heavy atom. The predicted octanol–water partition coefficient (Wildman–Crippen LogP) is 4.86. The average Bonchev–Trinajstić information content (AvgIpc) is 3.07. The predicted molar refractivity (Wildman–Crippen MR) is 112 cm³/mol. The van der Waals surface area contributed by atoms with E-state index in [-0.39, 0.29) is 11.9 Å². The number of nitrogens with one attached hydrogen (secondary N) is 3. The summed E-state index contributed by atoms with van der Waals surface area (Å²) in [5.41, 5.74) is 7.38. The number of aryl methyl sites for hydroxylation is 2. The fourth-order valence-electron chi connectivity index (χ4n) is 3.41. The maximum Gasteiger partial charge on any atom is 0.323 e. The first-order valence-electron chi connectivity index (χ1n) is 9.17. The van der Waals surface area contributed by atoms with Gasteiger partial charge in [0.15, 0.2) is 0 Å². The molecule has 4 rings (SSSR count). The number of hydrogen-bond donors (Lipinski definition) is 3. The Labute approximate surface area is 163 Å². The van der Waals surface area contributed by atoms with Crippen LogP contribution in [-0.2, 0) is 6.54 Å². The van der Waals surface area contributed by atoms with E-state index < -0.39 is 0 Å². The zero-order valence-corrected chi connectivity index (χ0v) is 15.8. The quantitative estimate of drug-likeness (QED) is 0.615. The van der Waals surface area contributed by atoms with Gasteiger partial charge in [0.05, 0.1) is 0 Å². The molecule has 0 aliphatic carbocycles. The zero-order chi connectivity index (χ0) is 19.7. The molecule has 0 saturated carbocycles. The normalized spacial score (nSPS) is 12.3. The lowest BCUT2D eigenvalue weighted by atomic mass is 9.97. The number of anilines is 2. The number of rotatable bonds is 3. The van der Waals surface area contributed by atoms with Gasteiger partial charge in [0, 0.05) is 23.5 Å². The third kappa shape index (κ3) is 3.47. The third-order valence-corrected chi connectivity index (χ3v) is 4.94. The van der Waals surface area contributed by atoms with Gasteiger partial charge in [-0.15, -0.1) is 0 Å². The van der Waals surface area contributed by atoms with Crippen LogP contribution in [0.15, 0.2) is 60.7 Å². The van der Waals surface area contributed by atoms with Crippen molar-refractivity contribution in [2.45, 2.75) is 20.4 Å². The molecule has 5 heteroatoms. The van der Waals surface area contributed by atoms with E-state index >= 15 is 0 Å². The first-order valence-corrected chi connectivity index (χ1v) is 9.17. The molecule has 1 aliphatic heterocycles. The summed E-state index contributed by atoms with van der Waals surface area (Å²) in [6.07, 6.45) is 0. The standard InChI is InChI=1S/C23H21N3O2/c1-14-6-7-15(2)21(12-14)26-23(28)25-17-10-8-16(9-11-17)18-4-3-5-19-20(18)13-24-22(19)27/h3-12H,13H2,1-2H3,(H,24,27)(H2,25,26,28). The van der Waals surface area contributed by atoms with E-state index in [0.717, 1.165) is 39.1 Å². The van der Waals surface area contributed by atoms with Crippen LogP contribution in [0.3, 0.4) is 0 Å². The molecule has 1 aliphatic rings. The molecule has 3 aromatic rings. The molecule has 3 N–H and O–H groups in total. The van der Waals surface area contributed by atoms with E-state index in [9.17, 15) is 9.59 Å². The van der Waals surface area contributed by atoms with Crippen LogP contribution in [0.4, 0.5) is 16.2 Å². The van der Waals surface area contributed by atoms with E-state index in [0.29, 0.717) is 12.2 Å². The number of carbonyl (C=O) groups is 2. The molecule has 0 saturated heterocycles. The summed E-state index contributed by atoms with van der Waals surface area (Å²) in [5, 5.41) is 8.61. The Morgan fingerprint density at radius 3 is 2.46 bits per heavy atom. The molecular formula is C23H21N3O2. The van der Waals surface area contributed by atoms with Crippen molar-refractivity contribution < 1.29 is 9.59 Å². The summed E-state index contributed by atoms with van der Waals surface area (Å²) < 4.78 is 0. The molecule has 3 aromatic carbocycles. The highest BCUT2D eigenvalue weighted by Gasteiger charge is 2.21. The second kappa shape index (κ2) is 7.19. The van der Waals surface area contributed by atoms with Gasteiger partial charge in [0.25, 0.3) is 5.91 Å². The highest BCUT2D eigenvalue weighted by atomic mass is 16.2. The largest absolute Gasteiger partial charge is 0.348 e. The van der Waals surface area contributed by atoms with E-state index in [2.05, 4.69) is 16.0 Å². The first kappa shape index (κ1) is 17.8. The maximum absolute atomic E-state index is 12.3. The van der Waals surface area contributed by atoms with Gasteiger partial charge in [-0.25, -0.2) is 4.79 Å². The zero-order valence-electron chi connectivity index (χ0n) is 15.8. The van der Waals surface area contributed by atoms with Crippen molar-refractivity contribution in [3.63, 3.8) is 0 Å². The Morgan fingerprint density at radius 2 is 1.68 bits per heavy atom. The molecule has 1 heterocycles. The summed E-state index contributed by atoms with van der Waals surface area (Å²) in [6, 6.07) is 19.0. The first-order chi connectivity index (χ1) is 13.5. The van der Waals surface area contributed by atoms with Crippen LogP contribution in [0.25, 0.3) is 11.1 Å². The van der Waals surface area contributed by atoms with Gasteiger partial charge >= 0.3 is 6.03 Å². The number of urea groups is 1. The molecule has 5 nitrogen and oxygen atoms in total. The van der Waals surface area contributed by atoms with Crippen LogP contribution in [0.2, 0.25) is 0 Å². The summed E-state index contributed by atoms with van der Waals surface area (Å²) >= 11 is 0.